The van der Waals surface area contributed by atoms with Crippen molar-refractivity contribution in [3.63, 3.8) is 0 Å². The maximum Gasteiger partial charge on any atom is 0.0481 e. The summed E-state index contributed by atoms with van der Waals surface area (Å²) < 4.78 is 1.05. The summed E-state index contributed by atoms with van der Waals surface area (Å²) in [6.07, 6.45) is 0. The Morgan fingerprint density at radius 3 is 2.17 bits per heavy atom. The highest BCUT2D eigenvalue weighted by atomic mass is 127. The Hall–Kier alpha value is 0.690. The van der Waals surface area contributed by atoms with E-state index in [1.54, 1.807) is 0 Å². The van der Waals surface area contributed by atoms with Crippen LogP contribution in [0.4, 0.5) is 0 Å². The van der Waals surface area contributed by atoms with E-state index in [1.807, 2.05) is 0 Å². The first-order chi connectivity index (χ1) is 2.77. The van der Waals surface area contributed by atoms with E-state index in [2.05, 4.69) is 41.8 Å². The minimum atomic E-state index is 0.641. The van der Waals surface area contributed by atoms with Crippen LogP contribution in [0.5, 0.6) is 0 Å². The summed E-state index contributed by atoms with van der Waals surface area (Å²) in [5.74, 6) is 0. The molecule has 1 nitrogen and oxygen atoms in total. The van der Waals surface area contributed by atoms with E-state index in [-0.39, 0.29) is 0 Å². The topological polar surface area (TPSA) is 12.0 Å². The number of nitrogens with one attached hydrogen (secondary N) is 1. The molecule has 0 rings (SSSR count). The van der Waals surface area contributed by atoms with E-state index in [4.69, 9.17) is 0 Å². The van der Waals surface area contributed by atoms with Crippen molar-refractivity contribution in [2.45, 2.75) is 19.9 Å². The highest BCUT2D eigenvalue weighted by Crippen LogP contribution is 1.78. The van der Waals surface area contributed by atoms with Gasteiger partial charge in [0.15, 0.2) is 0 Å². The Labute approximate surface area is 52.6 Å². The zero-order chi connectivity index (χ0) is 4.99. The van der Waals surface area contributed by atoms with Crippen LogP contribution in [-0.2, 0) is 0 Å². The van der Waals surface area contributed by atoms with Crippen molar-refractivity contribution in [1.29, 1.82) is 0 Å². The molecule has 0 bridgehead atoms. The highest BCUT2D eigenvalue weighted by Gasteiger charge is 1.83. The van der Waals surface area contributed by atoms with Crippen molar-refractivity contribution >= 4 is 22.6 Å². The quantitative estimate of drug-likeness (QED) is 0.402. The number of hydrogen-bond acceptors (Lipinski definition) is 1. The molecule has 0 radical (unpaired) electrons. The summed E-state index contributed by atoms with van der Waals surface area (Å²) in [6.45, 7) is 4.28. The van der Waals surface area contributed by atoms with Crippen molar-refractivity contribution in [2.75, 3.05) is 4.55 Å². The van der Waals surface area contributed by atoms with Gasteiger partial charge in [0.05, 0.1) is 0 Å². The largest absolute Gasteiger partial charge is 0.306 e. The summed E-state index contributed by atoms with van der Waals surface area (Å²) in [5.41, 5.74) is 0. The normalized spacial score (nSPS) is 10.0. The molecule has 0 saturated carbocycles. The third-order valence-electron chi connectivity index (χ3n) is 0.485. The Bertz CT molecular complexity index is 28.7. The molecule has 0 amide bonds. The van der Waals surface area contributed by atoms with E-state index in [9.17, 15) is 0 Å². The van der Waals surface area contributed by atoms with Gasteiger partial charge in [-0.2, -0.15) is 0 Å². The number of hydrogen-bond donors (Lipinski definition) is 1. The average molecular weight is 199 g/mol. The molecule has 0 heterocycles. The Balaban J connectivity index is 2.63. The lowest BCUT2D eigenvalue weighted by Crippen LogP contribution is -2.19. The molecular weight excluding hydrogens is 189 g/mol. The number of rotatable bonds is 2. The molecule has 1 N–H and O–H groups in total. The van der Waals surface area contributed by atoms with E-state index in [0.717, 1.165) is 4.55 Å². The maximum absolute atomic E-state index is 3.20. The molecule has 0 aromatic rings. The monoisotopic (exact) mass is 199 g/mol. The van der Waals surface area contributed by atoms with Crippen LogP contribution in [0.25, 0.3) is 0 Å². The zero-order valence-electron chi connectivity index (χ0n) is 4.16. The predicted molar refractivity (Wildman–Crippen MR) is 37.2 cm³/mol. The summed E-state index contributed by atoms with van der Waals surface area (Å²) in [6, 6.07) is 0.641. The molecule has 0 aliphatic carbocycles. The smallest absolute Gasteiger partial charge is 0.0481 e. The van der Waals surface area contributed by atoms with Crippen molar-refractivity contribution in [3.8, 4) is 0 Å². The molecule has 6 heavy (non-hydrogen) atoms. The fraction of sp³-hybridized carbons (Fsp3) is 1.00. The second kappa shape index (κ2) is 3.87. The third-order valence-corrected chi connectivity index (χ3v) is 0.926. The van der Waals surface area contributed by atoms with E-state index >= 15 is 0 Å². The van der Waals surface area contributed by atoms with Crippen LogP contribution in [0.2, 0.25) is 0 Å². The summed E-state index contributed by atoms with van der Waals surface area (Å²) in [4.78, 5) is 0. The van der Waals surface area contributed by atoms with Gasteiger partial charge in [-0.1, -0.05) is 36.4 Å². The van der Waals surface area contributed by atoms with E-state index in [1.165, 1.54) is 0 Å². The first kappa shape index (κ1) is 6.69. The van der Waals surface area contributed by atoms with Crippen LogP contribution in [-0.4, -0.2) is 10.6 Å². The molecular formula is C4H10IN. The SMILES string of the molecule is CC(C)NCI. The number of halogens is 1. The number of alkyl halides is 1. The second-order valence-electron chi connectivity index (χ2n) is 1.49. The second-order valence-corrected chi connectivity index (χ2v) is 2.26. The lowest BCUT2D eigenvalue weighted by molar-refractivity contribution is 0.662. The summed E-state index contributed by atoms with van der Waals surface area (Å²) >= 11 is 2.29. The van der Waals surface area contributed by atoms with Crippen LogP contribution >= 0.6 is 22.6 Å². The Morgan fingerprint density at radius 1 is 1.67 bits per heavy atom. The van der Waals surface area contributed by atoms with Crippen molar-refractivity contribution in [3.05, 3.63) is 0 Å². The molecule has 0 unspecified atom stereocenters. The highest BCUT2D eigenvalue weighted by molar-refractivity contribution is 14.1. The van der Waals surface area contributed by atoms with Crippen LogP contribution in [0.3, 0.4) is 0 Å². The molecule has 0 fully saturated rings. The van der Waals surface area contributed by atoms with E-state index < -0.39 is 0 Å². The lowest BCUT2D eigenvalue weighted by atomic mass is 10.4. The average Bonchev–Trinajstić information content (AvgIpc) is 1.35. The fourth-order valence-electron chi connectivity index (χ4n) is 0.154. The van der Waals surface area contributed by atoms with Gasteiger partial charge in [0.1, 0.15) is 0 Å². The first-order valence-corrected chi connectivity index (χ1v) is 3.59. The molecule has 38 valence electrons. The minimum Gasteiger partial charge on any atom is -0.306 e. The lowest BCUT2D eigenvalue weighted by Gasteiger charge is -1.99. The van der Waals surface area contributed by atoms with Gasteiger partial charge in [0, 0.05) is 10.6 Å². The van der Waals surface area contributed by atoms with Gasteiger partial charge in [-0.15, -0.1) is 0 Å². The van der Waals surface area contributed by atoms with Gasteiger partial charge >= 0.3 is 0 Å². The molecule has 0 aromatic carbocycles. The molecule has 0 aromatic heterocycles. The van der Waals surface area contributed by atoms with Crippen LogP contribution in [0, 0.1) is 0 Å². The van der Waals surface area contributed by atoms with Gasteiger partial charge in [-0.3, -0.25) is 0 Å². The van der Waals surface area contributed by atoms with Gasteiger partial charge in [-0.25, -0.2) is 0 Å². The summed E-state index contributed by atoms with van der Waals surface area (Å²) in [7, 11) is 0. The van der Waals surface area contributed by atoms with Crippen molar-refractivity contribution < 1.29 is 0 Å². The standard InChI is InChI=1S/C4H10IN/c1-4(2)6-3-5/h4,6H,3H2,1-2H3. The van der Waals surface area contributed by atoms with Crippen LogP contribution in [0.1, 0.15) is 13.8 Å². The van der Waals surface area contributed by atoms with Crippen molar-refractivity contribution in [1.82, 2.24) is 5.32 Å². The fourth-order valence-corrected chi connectivity index (χ4v) is 1.04. The zero-order valence-corrected chi connectivity index (χ0v) is 6.32. The molecule has 0 aliphatic heterocycles. The first-order valence-electron chi connectivity index (χ1n) is 2.06. The van der Waals surface area contributed by atoms with E-state index in [0.29, 0.717) is 6.04 Å². The molecule has 0 atom stereocenters. The summed E-state index contributed by atoms with van der Waals surface area (Å²) in [5, 5.41) is 3.20. The van der Waals surface area contributed by atoms with Gasteiger partial charge in [0.2, 0.25) is 0 Å². The van der Waals surface area contributed by atoms with Crippen LogP contribution in [0.15, 0.2) is 0 Å². The van der Waals surface area contributed by atoms with Gasteiger partial charge in [0.25, 0.3) is 0 Å². The predicted octanol–water partition coefficient (Wildman–Crippen LogP) is 1.38. The minimum absolute atomic E-state index is 0.641. The molecule has 2 heteroatoms. The third kappa shape index (κ3) is 4.69. The van der Waals surface area contributed by atoms with Crippen LogP contribution < -0.4 is 5.32 Å². The van der Waals surface area contributed by atoms with Gasteiger partial charge in [-0.05, 0) is 0 Å². The molecule has 0 aliphatic rings. The Morgan fingerprint density at radius 2 is 2.17 bits per heavy atom. The Kier molecular flexibility index (Phi) is 4.31. The van der Waals surface area contributed by atoms with Gasteiger partial charge < -0.3 is 5.32 Å². The molecule has 0 saturated heterocycles. The van der Waals surface area contributed by atoms with Crippen molar-refractivity contribution in [2.24, 2.45) is 0 Å². The molecule has 0 spiro atoms. The maximum atomic E-state index is 3.20.